The first-order valence-electron chi connectivity index (χ1n) is 6.33. The van der Waals surface area contributed by atoms with Crippen molar-refractivity contribution in [3.05, 3.63) is 35.7 Å². The van der Waals surface area contributed by atoms with Gasteiger partial charge in [-0.2, -0.15) is 5.10 Å². The molecule has 1 atom stereocenters. The van der Waals surface area contributed by atoms with Crippen LogP contribution in [0.25, 0.3) is 0 Å². The average Bonchev–Trinajstić information content (AvgIpc) is 2.92. The lowest BCUT2D eigenvalue weighted by atomic mass is 10.1. The SMILES string of the molecule is CCn1nc(C)cc1CC(NC)c1nccn1C. The molecule has 2 rings (SSSR count). The molecule has 0 aliphatic carbocycles. The minimum atomic E-state index is 0.214. The van der Waals surface area contributed by atoms with E-state index in [-0.39, 0.29) is 6.04 Å². The number of likely N-dealkylation sites (N-methyl/N-ethyl adjacent to an activating group) is 1. The molecule has 5 heteroatoms. The van der Waals surface area contributed by atoms with Gasteiger partial charge < -0.3 is 9.88 Å². The summed E-state index contributed by atoms with van der Waals surface area (Å²) >= 11 is 0. The fourth-order valence-electron chi connectivity index (χ4n) is 2.28. The van der Waals surface area contributed by atoms with Crippen molar-refractivity contribution in [3.8, 4) is 0 Å². The Bertz CT molecular complexity index is 511. The number of aromatic nitrogens is 4. The first-order chi connectivity index (χ1) is 8.65. The Labute approximate surface area is 108 Å². The van der Waals surface area contributed by atoms with E-state index < -0.39 is 0 Å². The first-order valence-corrected chi connectivity index (χ1v) is 6.33. The summed E-state index contributed by atoms with van der Waals surface area (Å²) in [7, 11) is 3.99. The summed E-state index contributed by atoms with van der Waals surface area (Å²) in [5.41, 5.74) is 2.32. The van der Waals surface area contributed by atoms with Gasteiger partial charge in [0.05, 0.1) is 11.7 Å². The smallest absolute Gasteiger partial charge is 0.125 e. The molecule has 0 saturated carbocycles. The molecule has 2 aromatic heterocycles. The minimum absolute atomic E-state index is 0.214. The molecule has 0 aliphatic rings. The van der Waals surface area contributed by atoms with Gasteiger partial charge in [-0.05, 0) is 27.0 Å². The fraction of sp³-hybridized carbons (Fsp3) is 0.538. The Morgan fingerprint density at radius 1 is 1.44 bits per heavy atom. The molecule has 0 amide bonds. The monoisotopic (exact) mass is 247 g/mol. The third-order valence-corrected chi connectivity index (χ3v) is 3.22. The fourth-order valence-corrected chi connectivity index (χ4v) is 2.28. The number of nitrogens with zero attached hydrogens (tertiary/aromatic N) is 4. The molecule has 0 fully saturated rings. The number of aryl methyl sites for hydroxylation is 3. The Morgan fingerprint density at radius 3 is 2.78 bits per heavy atom. The van der Waals surface area contributed by atoms with Crippen LogP contribution in [0.4, 0.5) is 0 Å². The van der Waals surface area contributed by atoms with Crippen molar-refractivity contribution in [2.75, 3.05) is 7.05 Å². The second-order valence-corrected chi connectivity index (χ2v) is 4.53. The number of nitrogens with one attached hydrogen (secondary N) is 1. The van der Waals surface area contributed by atoms with Crippen LogP contribution < -0.4 is 5.32 Å². The molecule has 2 aromatic rings. The van der Waals surface area contributed by atoms with E-state index in [1.807, 2.05) is 33.4 Å². The number of hydrogen-bond acceptors (Lipinski definition) is 3. The molecule has 2 heterocycles. The van der Waals surface area contributed by atoms with Gasteiger partial charge in [0.25, 0.3) is 0 Å². The lowest BCUT2D eigenvalue weighted by Gasteiger charge is -2.16. The minimum Gasteiger partial charge on any atom is -0.337 e. The average molecular weight is 247 g/mol. The Kier molecular flexibility index (Phi) is 3.81. The molecule has 0 spiro atoms. The Morgan fingerprint density at radius 2 is 2.22 bits per heavy atom. The standard InChI is InChI=1S/C13H21N5/c1-5-18-11(8-10(2)16-18)9-12(14-3)13-15-6-7-17(13)4/h6-8,12,14H,5,9H2,1-4H3. The van der Waals surface area contributed by atoms with Crippen molar-refractivity contribution < 1.29 is 0 Å². The van der Waals surface area contributed by atoms with Gasteiger partial charge in [0, 0.05) is 38.1 Å². The molecular weight excluding hydrogens is 226 g/mol. The summed E-state index contributed by atoms with van der Waals surface area (Å²) < 4.78 is 4.11. The maximum absolute atomic E-state index is 4.48. The molecule has 1 N–H and O–H groups in total. The van der Waals surface area contributed by atoms with Gasteiger partial charge in [0.2, 0.25) is 0 Å². The summed E-state index contributed by atoms with van der Waals surface area (Å²) in [6.45, 7) is 5.05. The van der Waals surface area contributed by atoms with Gasteiger partial charge >= 0.3 is 0 Å². The Hall–Kier alpha value is -1.62. The van der Waals surface area contributed by atoms with E-state index in [9.17, 15) is 0 Å². The Balaban J connectivity index is 2.23. The van der Waals surface area contributed by atoms with Crippen molar-refractivity contribution >= 4 is 0 Å². The number of hydrogen-bond donors (Lipinski definition) is 1. The quantitative estimate of drug-likeness (QED) is 0.870. The second kappa shape index (κ2) is 5.35. The van der Waals surface area contributed by atoms with Gasteiger partial charge in [-0.3, -0.25) is 4.68 Å². The lowest BCUT2D eigenvalue weighted by Crippen LogP contribution is -2.23. The van der Waals surface area contributed by atoms with Crippen molar-refractivity contribution in [2.24, 2.45) is 7.05 Å². The maximum atomic E-state index is 4.48. The molecule has 0 saturated heterocycles. The van der Waals surface area contributed by atoms with Gasteiger partial charge in [-0.25, -0.2) is 4.98 Å². The van der Waals surface area contributed by atoms with Crippen LogP contribution in [0.3, 0.4) is 0 Å². The van der Waals surface area contributed by atoms with Gasteiger partial charge in [0.15, 0.2) is 0 Å². The molecule has 1 unspecified atom stereocenters. The molecular formula is C13H21N5. The first kappa shape index (κ1) is 12.8. The van der Waals surface area contributed by atoms with Crippen LogP contribution in [0.2, 0.25) is 0 Å². The van der Waals surface area contributed by atoms with Crippen LogP contribution in [0, 0.1) is 6.92 Å². The van der Waals surface area contributed by atoms with E-state index in [2.05, 4.69) is 37.6 Å². The third kappa shape index (κ3) is 2.46. The molecule has 18 heavy (non-hydrogen) atoms. The van der Waals surface area contributed by atoms with Crippen LogP contribution in [-0.4, -0.2) is 26.4 Å². The van der Waals surface area contributed by atoms with Crippen LogP contribution in [0.5, 0.6) is 0 Å². The second-order valence-electron chi connectivity index (χ2n) is 4.53. The topological polar surface area (TPSA) is 47.7 Å². The number of rotatable bonds is 5. The highest BCUT2D eigenvalue weighted by atomic mass is 15.3. The van der Waals surface area contributed by atoms with E-state index in [1.54, 1.807) is 0 Å². The summed E-state index contributed by atoms with van der Waals surface area (Å²) in [6.07, 6.45) is 4.71. The van der Waals surface area contributed by atoms with Crippen LogP contribution in [-0.2, 0) is 20.0 Å². The van der Waals surface area contributed by atoms with Crippen molar-refractivity contribution in [3.63, 3.8) is 0 Å². The van der Waals surface area contributed by atoms with E-state index in [0.29, 0.717) is 0 Å². The molecule has 98 valence electrons. The summed E-state index contributed by atoms with van der Waals surface area (Å²) in [5.74, 6) is 1.05. The van der Waals surface area contributed by atoms with Gasteiger partial charge in [0.1, 0.15) is 5.82 Å². The van der Waals surface area contributed by atoms with E-state index in [0.717, 1.165) is 24.5 Å². The summed E-state index contributed by atoms with van der Waals surface area (Å²) in [5, 5.41) is 7.81. The highest BCUT2D eigenvalue weighted by Gasteiger charge is 2.17. The van der Waals surface area contributed by atoms with Crippen LogP contribution in [0.15, 0.2) is 18.5 Å². The van der Waals surface area contributed by atoms with Gasteiger partial charge in [-0.15, -0.1) is 0 Å². The maximum Gasteiger partial charge on any atom is 0.125 e. The predicted molar refractivity (Wildman–Crippen MR) is 71.4 cm³/mol. The molecule has 0 aliphatic heterocycles. The van der Waals surface area contributed by atoms with Crippen LogP contribution >= 0.6 is 0 Å². The van der Waals surface area contributed by atoms with Crippen LogP contribution in [0.1, 0.15) is 30.2 Å². The van der Waals surface area contributed by atoms with Crippen molar-refractivity contribution in [2.45, 2.75) is 32.9 Å². The summed E-state index contributed by atoms with van der Waals surface area (Å²) in [6, 6.07) is 2.36. The summed E-state index contributed by atoms with van der Waals surface area (Å²) in [4.78, 5) is 4.42. The van der Waals surface area contributed by atoms with E-state index in [1.165, 1.54) is 5.69 Å². The zero-order valence-corrected chi connectivity index (χ0v) is 11.5. The third-order valence-electron chi connectivity index (χ3n) is 3.22. The van der Waals surface area contributed by atoms with E-state index >= 15 is 0 Å². The molecule has 0 aromatic carbocycles. The molecule has 0 radical (unpaired) electrons. The zero-order chi connectivity index (χ0) is 13.1. The van der Waals surface area contributed by atoms with Crippen molar-refractivity contribution in [1.29, 1.82) is 0 Å². The lowest BCUT2D eigenvalue weighted by molar-refractivity contribution is 0.507. The predicted octanol–water partition coefficient (Wildman–Crippen LogP) is 1.45. The van der Waals surface area contributed by atoms with E-state index in [4.69, 9.17) is 0 Å². The molecule has 0 bridgehead atoms. The normalized spacial score (nSPS) is 12.9. The van der Waals surface area contributed by atoms with Gasteiger partial charge in [-0.1, -0.05) is 0 Å². The highest BCUT2D eigenvalue weighted by Crippen LogP contribution is 2.17. The zero-order valence-electron chi connectivity index (χ0n) is 11.5. The largest absolute Gasteiger partial charge is 0.337 e. The van der Waals surface area contributed by atoms with Crippen molar-refractivity contribution in [1.82, 2.24) is 24.6 Å². The molecule has 5 nitrogen and oxygen atoms in total. The highest BCUT2D eigenvalue weighted by molar-refractivity contribution is 5.13. The number of imidazole rings is 1.